The molecule has 0 radical (unpaired) electrons. The lowest BCUT2D eigenvalue weighted by molar-refractivity contribution is -0.137. The number of oxime groups is 2. The van der Waals surface area contributed by atoms with Crippen LogP contribution in [0.4, 0.5) is 13.2 Å². The van der Waals surface area contributed by atoms with Gasteiger partial charge in [0.1, 0.15) is 19.4 Å². The minimum absolute atomic E-state index is 0.0168. The van der Waals surface area contributed by atoms with Crippen LogP contribution in [0.25, 0.3) is 0 Å². The van der Waals surface area contributed by atoms with E-state index in [9.17, 15) is 22.8 Å². The van der Waals surface area contributed by atoms with Crippen LogP contribution >= 0.6 is 0 Å². The Morgan fingerprint density at radius 2 is 1.83 bits per heavy atom. The number of alkyl halides is 3. The zero-order valence-corrected chi connectivity index (χ0v) is 16.5. The Kier molecular flexibility index (Phi) is 7.46. The first-order chi connectivity index (χ1) is 14.2. The average Bonchev–Trinajstić information content (AvgIpc) is 2.69. The highest BCUT2D eigenvalue weighted by Crippen LogP contribution is 2.29. The summed E-state index contributed by atoms with van der Waals surface area (Å²) in [4.78, 5) is 33.2. The molecule has 0 N–H and O–H groups in total. The lowest BCUT2D eigenvalue weighted by Crippen LogP contribution is -2.15. The molecule has 0 heterocycles. The lowest BCUT2D eigenvalue weighted by atomic mass is 9.99. The molecule has 0 aliphatic rings. The highest BCUT2D eigenvalue weighted by Gasteiger charge is 2.31. The summed E-state index contributed by atoms with van der Waals surface area (Å²) in [5.41, 5.74) is 0.641. The molecular formula is C21H19F3N2O4. The van der Waals surface area contributed by atoms with Crippen molar-refractivity contribution < 1.29 is 32.4 Å². The van der Waals surface area contributed by atoms with Gasteiger partial charge in [-0.2, -0.15) is 13.2 Å². The highest BCUT2D eigenvalue weighted by molar-refractivity contribution is 6.45. The van der Waals surface area contributed by atoms with E-state index in [2.05, 4.69) is 15.1 Å². The molecule has 0 saturated heterocycles. The van der Waals surface area contributed by atoms with Crippen LogP contribution in [-0.2, 0) is 32.0 Å². The molecule has 6 nitrogen and oxygen atoms in total. The minimum Gasteiger partial charge on any atom is -0.399 e. The van der Waals surface area contributed by atoms with E-state index in [0.29, 0.717) is 17.4 Å². The number of hydrogen-bond donors (Lipinski definition) is 0. The summed E-state index contributed by atoms with van der Waals surface area (Å²) in [7, 11) is 1.30. The molecule has 0 bridgehead atoms. The van der Waals surface area contributed by atoms with Gasteiger partial charge in [0.25, 0.3) is 0 Å². The summed E-state index contributed by atoms with van der Waals surface area (Å²) in [6, 6.07) is 9.40. The van der Waals surface area contributed by atoms with E-state index in [1.54, 1.807) is 25.1 Å². The maximum atomic E-state index is 13.0. The number of benzene rings is 2. The molecule has 0 saturated carbocycles. The predicted molar refractivity (Wildman–Crippen MR) is 104 cm³/mol. The van der Waals surface area contributed by atoms with Crippen LogP contribution in [0, 0.1) is 6.92 Å². The fourth-order valence-electron chi connectivity index (χ4n) is 2.69. The van der Waals surface area contributed by atoms with Gasteiger partial charge in [-0.1, -0.05) is 40.6 Å². The van der Waals surface area contributed by atoms with Crippen molar-refractivity contribution in [3.63, 3.8) is 0 Å². The van der Waals surface area contributed by atoms with Gasteiger partial charge in [-0.05, 0) is 24.6 Å². The van der Waals surface area contributed by atoms with Crippen LogP contribution < -0.4 is 0 Å². The number of carbonyl (C=O) groups is 2. The molecule has 0 aliphatic carbocycles. The number of ketones is 1. The molecule has 0 atom stereocenters. The number of halogens is 3. The molecule has 2 aromatic rings. The summed E-state index contributed by atoms with van der Waals surface area (Å²) in [5, 5.41) is 7.43. The van der Waals surface area contributed by atoms with Gasteiger partial charge in [-0.3, -0.25) is 9.59 Å². The molecule has 0 amide bonds. The van der Waals surface area contributed by atoms with E-state index in [0.717, 1.165) is 17.7 Å². The second-order valence-electron chi connectivity index (χ2n) is 6.23. The Morgan fingerprint density at radius 3 is 2.43 bits per heavy atom. The van der Waals surface area contributed by atoms with Gasteiger partial charge < -0.3 is 9.68 Å². The largest absolute Gasteiger partial charge is 0.416 e. The maximum absolute atomic E-state index is 13.0. The number of aryl methyl sites for hydroxylation is 1. The Bertz CT molecular complexity index is 998. The SMILES string of the molecule is CO/N=C(/C=O)c1cccc(C)c1CO/N=C(\C(C)=O)c1cccc(C(F)(F)F)c1. The van der Waals surface area contributed by atoms with Gasteiger partial charge in [-0.15, -0.1) is 0 Å². The summed E-state index contributed by atoms with van der Waals surface area (Å²) < 4.78 is 38.9. The lowest BCUT2D eigenvalue weighted by Gasteiger charge is -2.12. The summed E-state index contributed by atoms with van der Waals surface area (Å²) in [6.07, 6.45) is -4.03. The fourth-order valence-corrected chi connectivity index (χ4v) is 2.69. The minimum atomic E-state index is -4.55. The number of aldehydes is 1. The summed E-state index contributed by atoms with van der Waals surface area (Å²) in [6.45, 7) is 2.81. The van der Waals surface area contributed by atoms with E-state index in [1.807, 2.05) is 0 Å². The van der Waals surface area contributed by atoms with Gasteiger partial charge >= 0.3 is 6.18 Å². The predicted octanol–water partition coefficient (Wildman–Crippen LogP) is 4.07. The Hall–Kier alpha value is -3.49. The average molecular weight is 420 g/mol. The first kappa shape index (κ1) is 22.8. The molecule has 2 aromatic carbocycles. The van der Waals surface area contributed by atoms with Crippen LogP contribution in [0.1, 0.15) is 34.7 Å². The smallest absolute Gasteiger partial charge is 0.399 e. The number of hydrogen-bond acceptors (Lipinski definition) is 6. The van der Waals surface area contributed by atoms with Crippen LogP contribution in [0.5, 0.6) is 0 Å². The number of nitrogens with zero attached hydrogens (tertiary/aromatic N) is 2. The standard InChI is InChI=1S/C21H19F3N2O4/c1-13-6-4-9-17(19(11-27)25-29-3)18(13)12-30-26-20(14(2)28)15-7-5-8-16(10-15)21(22,23)24/h4-11H,12H2,1-3H3/b25-19-,26-20+. The molecule has 158 valence electrons. The molecular weight excluding hydrogens is 401 g/mol. The third-order valence-corrected chi connectivity index (χ3v) is 4.15. The first-order valence-electron chi connectivity index (χ1n) is 8.72. The molecule has 9 heteroatoms. The van der Waals surface area contributed by atoms with Crippen LogP contribution in [0.15, 0.2) is 52.8 Å². The van der Waals surface area contributed by atoms with E-state index in [4.69, 9.17) is 4.84 Å². The second-order valence-corrected chi connectivity index (χ2v) is 6.23. The van der Waals surface area contributed by atoms with Gasteiger partial charge in [0.15, 0.2) is 17.8 Å². The van der Waals surface area contributed by atoms with E-state index < -0.39 is 17.5 Å². The Labute approximate surface area is 171 Å². The van der Waals surface area contributed by atoms with Crippen LogP contribution in [0.3, 0.4) is 0 Å². The van der Waals surface area contributed by atoms with Crippen molar-refractivity contribution in [2.24, 2.45) is 10.3 Å². The molecule has 30 heavy (non-hydrogen) atoms. The summed E-state index contributed by atoms with van der Waals surface area (Å²) >= 11 is 0. The number of Topliss-reactive ketones (excluding diaryl/α,β-unsaturated/α-hetero) is 1. The molecule has 0 unspecified atom stereocenters. The van der Waals surface area contributed by atoms with Crippen molar-refractivity contribution in [3.8, 4) is 0 Å². The topological polar surface area (TPSA) is 77.3 Å². The molecule has 0 fully saturated rings. The van der Waals surface area contributed by atoms with Crippen molar-refractivity contribution in [3.05, 3.63) is 70.3 Å². The summed E-state index contributed by atoms with van der Waals surface area (Å²) in [5.74, 6) is -0.561. The zero-order valence-electron chi connectivity index (χ0n) is 16.5. The molecule has 2 rings (SSSR count). The van der Waals surface area contributed by atoms with Gasteiger partial charge in [-0.25, -0.2) is 0 Å². The fraction of sp³-hybridized carbons (Fsp3) is 0.238. The van der Waals surface area contributed by atoms with Crippen LogP contribution in [0.2, 0.25) is 0 Å². The molecule has 0 aromatic heterocycles. The molecule has 0 spiro atoms. The third-order valence-electron chi connectivity index (χ3n) is 4.15. The highest BCUT2D eigenvalue weighted by atomic mass is 19.4. The molecule has 0 aliphatic heterocycles. The monoisotopic (exact) mass is 420 g/mol. The van der Waals surface area contributed by atoms with Gasteiger partial charge in [0.05, 0.1) is 5.56 Å². The van der Waals surface area contributed by atoms with Crippen LogP contribution in [-0.4, -0.2) is 30.6 Å². The van der Waals surface area contributed by atoms with Gasteiger partial charge in [0.2, 0.25) is 0 Å². The normalized spacial score (nSPS) is 12.5. The van der Waals surface area contributed by atoms with E-state index in [-0.39, 0.29) is 23.6 Å². The quantitative estimate of drug-likeness (QED) is 0.366. The zero-order chi connectivity index (χ0) is 22.3. The van der Waals surface area contributed by atoms with E-state index >= 15 is 0 Å². The van der Waals surface area contributed by atoms with Gasteiger partial charge in [0, 0.05) is 23.6 Å². The first-order valence-corrected chi connectivity index (χ1v) is 8.72. The second kappa shape index (κ2) is 9.82. The van der Waals surface area contributed by atoms with Crippen molar-refractivity contribution in [2.75, 3.05) is 7.11 Å². The Balaban J connectivity index is 2.36. The van der Waals surface area contributed by atoms with Crippen molar-refractivity contribution >= 4 is 23.5 Å². The van der Waals surface area contributed by atoms with Crippen molar-refractivity contribution in [1.29, 1.82) is 0 Å². The maximum Gasteiger partial charge on any atom is 0.416 e. The van der Waals surface area contributed by atoms with E-state index in [1.165, 1.54) is 26.2 Å². The number of carbonyl (C=O) groups excluding carboxylic acids is 2. The third kappa shape index (κ3) is 5.53. The Morgan fingerprint density at radius 1 is 1.13 bits per heavy atom. The van der Waals surface area contributed by atoms with Crippen molar-refractivity contribution in [1.82, 2.24) is 0 Å². The van der Waals surface area contributed by atoms with Crippen molar-refractivity contribution in [2.45, 2.75) is 26.6 Å². The number of rotatable bonds is 8.